The number of hydrogen-bond acceptors (Lipinski definition) is 1. The molecule has 0 radical (unpaired) electrons. The van der Waals surface area contributed by atoms with Crippen LogP contribution in [0.1, 0.15) is 17.5 Å². The van der Waals surface area contributed by atoms with Gasteiger partial charge in [-0.05, 0) is 29.7 Å². The highest BCUT2D eigenvalue weighted by Crippen LogP contribution is 2.32. The molecule has 0 aromatic heterocycles. The molecule has 0 N–H and O–H groups in total. The van der Waals surface area contributed by atoms with Gasteiger partial charge >= 0.3 is 0 Å². The van der Waals surface area contributed by atoms with E-state index in [9.17, 15) is 4.79 Å². The van der Waals surface area contributed by atoms with Gasteiger partial charge in [0.25, 0.3) is 0 Å². The average molecular weight is 304 g/mol. The quantitative estimate of drug-likeness (QED) is 0.719. The minimum absolute atomic E-state index is 0.339. The molecule has 2 rings (SSSR count). The normalized spacial score (nSPS) is 15.7. The number of fused-ring (bicyclic) bond motifs is 1. The van der Waals surface area contributed by atoms with Crippen molar-refractivity contribution in [2.45, 2.75) is 19.3 Å². The molecule has 0 unspecified atom stereocenters. The first-order valence-electron chi connectivity index (χ1n) is 4.16. The maximum Gasteiger partial charge on any atom is 0.137 e. The highest BCUT2D eigenvalue weighted by molar-refractivity contribution is 9.11. The lowest BCUT2D eigenvalue weighted by atomic mass is 9.91. The lowest BCUT2D eigenvalue weighted by Crippen LogP contribution is -2.14. The summed E-state index contributed by atoms with van der Waals surface area (Å²) in [7, 11) is 0. The van der Waals surface area contributed by atoms with Crippen molar-refractivity contribution in [1.29, 1.82) is 0 Å². The molecule has 0 saturated carbocycles. The third kappa shape index (κ3) is 1.72. The predicted octanol–water partition coefficient (Wildman–Crippen LogP) is 3.27. The van der Waals surface area contributed by atoms with Gasteiger partial charge in [0.05, 0.1) is 0 Å². The van der Waals surface area contributed by atoms with Crippen molar-refractivity contribution in [3.05, 3.63) is 32.2 Å². The Hall–Kier alpha value is -0.150. The molecule has 1 aliphatic carbocycles. The van der Waals surface area contributed by atoms with Gasteiger partial charge in [-0.25, -0.2) is 0 Å². The first-order valence-corrected chi connectivity index (χ1v) is 5.74. The van der Waals surface area contributed by atoms with E-state index < -0.39 is 0 Å². The van der Waals surface area contributed by atoms with Gasteiger partial charge in [0.1, 0.15) is 5.78 Å². The van der Waals surface area contributed by atoms with E-state index >= 15 is 0 Å². The fraction of sp³-hybridized carbons (Fsp3) is 0.300. The molecule has 0 saturated heterocycles. The van der Waals surface area contributed by atoms with E-state index in [1.54, 1.807) is 0 Å². The summed E-state index contributed by atoms with van der Waals surface area (Å²) in [5, 5.41) is 0. The number of halogens is 2. The van der Waals surface area contributed by atoms with Crippen molar-refractivity contribution >= 4 is 37.6 Å². The van der Waals surface area contributed by atoms with Crippen LogP contribution >= 0.6 is 31.9 Å². The zero-order valence-electron chi connectivity index (χ0n) is 6.94. The van der Waals surface area contributed by atoms with Crippen LogP contribution < -0.4 is 0 Å². The van der Waals surface area contributed by atoms with Gasteiger partial charge in [0.15, 0.2) is 0 Å². The number of rotatable bonds is 0. The fourth-order valence-corrected chi connectivity index (χ4v) is 2.73. The molecule has 13 heavy (non-hydrogen) atoms. The molecule has 0 fully saturated rings. The van der Waals surface area contributed by atoms with E-state index in [1.807, 2.05) is 12.1 Å². The molecule has 0 heterocycles. The van der Waals surface area contributed by atoms with E-state index in [0.717, 1.165) is 20.9 Å². The van der Waals surface area contributed by atoms with Gasteiger partial charge in [0.2, 0.25) is 0 Å². The van der Waals surface area contributed by atoms with Crippen LogP contribution in [0.15, 0.2) is 21.1 Å². The Labute approximate surface area is 93.8 Å². The second-order valence-electron chi connectivity index (χ2n) is 3.20. The molecule has 0 spiro atoms. The molecule has 1 aromatic rings. The van der Waals surface area contributed by atoms with Crippen LogP contribution in [0, 0.1) is 0 Å². The Balaban J connectivity index is 2.57. The lowest BCUT2D eigenvalue weighted by molar-refractivity contribution is -0.118. The Bertz CT molecular complexity index is 371. The number of Topliss-reactive ketones (excluding diaryl/α,β-unsaturated/α-hetero) is 1. The minimum Gasteiger partial charge on any atom is -0.299 e. The number of carbonyl (C=O) groups is 1. The van der Waals surface area contributed by atoms with Gasteiger partial charge in [-0.3, -0.25) is 4.79 Å². The Morgan fingerprint density at radius 3 is 2.31 bits per heavy atom. The molecular weight excluding hydrogens is 296 g/mol. The van der Waals surface area contributed by atoms with Gasteiger partial charge in [-0.15, -0.1) is 0 Å². The van der Waals surface area contributed by atoms with Crippen LogP contribution in [0.25, 0.3) is 0 Å². The summed E-state index contributed by atoms with van der Waals surface area (Å²) in [4.78, 5) is 11.3. The second kappa shape index (κ2) is 3.54. The molecule has 0 bridgehead atoms. The minimum atomic E-state index is 0.339. The van der Waals surface area contributed by atoms with Crippen LogP contribution in [-0.4, -0.2) is 5.78 Å². The predicted molar refractivity (Wildman–Crippen MR) is 58.9 cm³/mol. The van der Waals surface area contributed by atoms with E-state index in [4.69, 9.17) is 0 Å². The smallest absolute Gasteiger partial charge is 0.137 e. The van der Waals surface area contributed by atoms with E-state index in [-0.39, 0.29) is 0 Å². The van der Waals surface area contributed by atoms with Crippen LogP contribution in [0.5, 0.6) is 0 Å². The molecule has 0 amide bonds. The highest BCUT2D eigenvalue weighted by Gasteiger charge is 2.19. The number of benzene rings is 1. The van der Waals surface area contributed by atoms with E-state index in [2.05, 4.69) is 31.9 Å². The Morgan fingerprint density at radius 1 is 1.00 bits per heavy atom. The van der Waals surface area contributed by atoms with Gasteiger partial charge < -0.3 is 0 Å². The van der Waals surface area contributed by atoms with Crippen molar-refractivity contribution in [3.63, 3.8) is 0 Å². The van der Waals surface area contributed by atoms with E-state index in [0.29, 0.717) is 18.6 Å². The van der Waals surface area contributed by atoms with Crippen molar-refractivity contribution < 1.29 is 4.79 Å². The largest absolute Gasteiger partial charge is 0.299 e. The molecule has 3 heteroatoms. The Morgan fingerprint density at radius 2 is 1.62 bits per heavy atom. The lowest BCUT2D eigenvalue weighted by Gasteiger charge is -2.17. The van der Waals surface area contributed by atoms with Crippen LogP contribution in [0.4, 0.5) is 0 Å². The summed E-state index contributed by atoms with van der Waals surface area (Å²) in [6, 6.07) is 4.01. The van der Waals surface area contributed by atoms with Gasteiger partial charge in [-0.2, -0.15) is 0 Å². The summed E-state index contributed by atoms with van der Waals surface area (Å²) < 4.78 is 2.18. The third-order valence-corrected chi connectivity index (χ3v) is 3.83. The van der Waals surface area contributed by atoms with Crippen LogP contribution in [0.3, 0.4) is 0 Å². The molecule has 0 aliphatic heterocycles. The number of carbonyl (C=O) groups excluding carboxylic acids is 1. The zero-order valence-corrected chi connectivity index (χ0v) is 10.1. The number of hydrogen-bond donors (Lipinski definition) is 0. The summed E-state index contributed by atoms with van der Waals surface area (Å²) in [6.07, 6.45) is 2.13. The molecule has 1 aliphatic rings. The zero-order chi connectivity index (χ0) is 9.42. The van der Waals surface area contributed by atoms with Crippen LogP contribution in [0.2, 0.25) is 0 Å². The molecule has 1 aromatic carbocycles. The van der Waals surface area contributed by atoms with Gasteiger partial charge in [-0.1, -0.05) is 31.9 Å². The maximum absolute atomic E-state index is 11.3. The summed E-state index contributed by atoms with van der Waals surface area (Å²) >= 11 is 6.97. The molecule has 0 atom stereocenters. The highest BCUT2D eigenvalue weighted by atomic mass is 79.9. The third-order valence-electron chi connectivity index (χ3n) is 2.34. The van der Waals surface area contributed by atoms with Crippen molar-refractivity contribution in [3.8, 4) is 0 Å². The summed E-state index contributed by atoms with van der Waals surface area (Å²) in [6.45, 7) is 0. The standard InChI is InChI=1S/C10H8Br2O/c11-9-3-4-10(12)8-5-6(13)1-2-7(8)9/h3-4H,1-2,5H2. The maximum atomic E-state index is 11.3. The first-order chi connectivity index (χ1) is 6.18. The van der Waals surface area contributed by atoms with E-state index in [1.165, 1.54) is 5.56 Å². The van der Waals surface area contributed by atoms with Crippen molar-refractivity contribution in [1.82, 2.24) is 0 Å². The second-order valence-corrected chi connectivity index (χ2v) is 4.91. The SMILES string of the molecule is O=C1CCc2c(Br)ccc(Br)c2C1. The van der Waals surface area contributed by atoms with Crippen molar-refractivity contribution in [2.24, 2.45) is 0 Å². The Kier molecular flexibility index (Phi) is 2.56. The average Bonchev–Trinajstić information content (AvgIpc) is 2.12. The van der Waals surface area contributed by atoms with Gasteiger partial charge in [0, 0.05) is 21.8 Å². The molecule has 68 valence electrons. The first kappa shape index (κ1) is 9.41. The molecule has 1 nitrogen and oxygen atoms in total. The van der Waals surface area contributed by atoms with Crippen molar-refractivity contribution in [2.75, 3.05) is 0 Å². The monoisotopic (exact) mass is 302 g/mol. The fourth-order valence-electron chi connectivity index (χ4n) is 1.65. The number of ketones is 1. The topological polar surface area (TPSA) is 17.1 Å². The molecular formula is C10H8Br2O. The summed E-state index contributed by atoms with van der Waals surface area (Å²) in [5.74, 6) is 0.339. The summed E-state index contributed by atoms with van der Waals surface area (Å²) in [5.41, 5.74) is 2.44. The van der Waals surface area contributed by atoms with Crippen LogP contribution in [-0.2, 0) is 17.6 Å².